The predicted octanol–water partition coefficient (Wildman–Crippen LogP) is 3.54. The van der Waals surface area contributed by atoms with Crippen LogP contribution in [0.1, 0.15) is 54.7 Å². The van der Waals surface area contributed by atoms with Crippen LogP contribution >= 0.6 is 0 Å². The number of amides is 2. The summed E-state index contributed by atoms with van der Waals surface area (Å²) in [5, 5.41) is 3.26. The fourth-order valence-corrected chi connectivity index (χ4v) is 5.52. The Bertz CT molecular complexity index is 1160. The number of nitrogens with zero attached hydrogens (tertiary/aromatic N) is 2. The highest BCUT2D eigenvalue weighted by Gasteiger charge is 2.28. The SMILES string of the molecule is O=C(Oc1ccc(C=C(CC(=O)N2CCCC2)C(=O)N2CCNCC2)cc1)C1CCCc2ccccc21. The van der Waals surface area contributed by atoms with Gasteiger partial charge < -0.3 is 19.9 Å². The maximum atomic E-state index is 13.3. The molecule has 0 spiro atoms. The van der Waals surface area contributed by atoms with Crippen molar-refractivity contribution in [2.75, 3.05) is 39.3 Å². The van der Waals surface area contributed by atoms with Crippen molar-refractivity contribution in [3.8, 4) is 5.75 Å². The maximum Gasteiger partial charge on any atom is 0.318 e. The smallest absolute Gasteiger partial charge is 0.318 e. The largest absolute Gasteiger partial charge is 0.426 e. The van der Waals surface area contributed by atoms with Crippen LogP contribution in [0, 0.1) is 0 Å². The fraction of sp³-hybridized carbons (Fsp3) is 0.433. The number of likely N-dealkylation sites (tertiary alicyclic amines) is 1. The van der Waals surface area contributed by atoms with Crippen molar-refractivity contribution in [1.29, 1.82) is 0 Å². The van der Waals surface area contributed by atoms with E-state index in [0.717, 1.165) is 69.4 Å². The first kappa shape index (κ1) is 25.2. The predicted molar refractivity (Wildman–Crippen MR) is 142 cm³/mol. The summed E-state index contributed by atoms with van der Waals surface area (Å²) in [4.78, 5) is 42.9. The third-order valence-electron chi connectivity index (χ3n) is 7.57. The van der Waals surface area contributed by atoms with E-state index in [1.54, 1.807) is 18.2 Å². The number of ether oxygens (including phenoxy) is 1. The standard InChI is InChI=1S/C30H35N3O4/c34-28(32-16-3-4-17-32)21-24(29(35)33-18-14-31-15-19-33)20-22-10-12-25(13-11-22)37-30(36)27-9-5-7-23-6-1-2-8-26(23)27/h1-2,6,8,10-13,20,27,31H,3-5,7,9,14-19,21H2. The first-order valence-electron chi connectivity index (χ1n) is 13.5. The molecule has 2 fully saturated rings. The van der Waals surface area contributed by atoms with E-state index in [4.69, 9.17) is 4.74 Å². The molecule has 2 amide bonds. The molecular formula is C30H35N3O4. The number of piperazine rings is 1. The lowest BCUT2D eigenvalue weighted by molar-refractivity contribution is -0.136. The number of hydrogen-bond donors (Lipinski definition) is 1. The quantitative estimate of drug-likeness (QED) is 0.372. The van der Waals surface area contributed by atoms with Crippen LogP contribution in [0.15, 0.2) is 54.1 Å². The molecule has 3 aliphatic rings. The molecule has 7 nitrogen and oxygen atoms in total. The molecule has 1 aliphatic carbocycles. The zero-order valence-corrected chi connectivity index (χ0v) is 21.3. The lowest BCUT2D eigenvalue weighted by Gasteiger charge is -2.28. The van der Waals surface area contributed by atoms with Crippen molar-refractivity contribution in [3.63, 3.8) is 0 Å². The zero-order chi connectivity index (χ0) is 25.6. The molecule has 5 rings (SSSR count). The van der Waals surface area contributed by atoms with Crippen LogP contribution in [-0.2, 0) is 20.8 Å². The van der Waals surface area contributed by atoms with Crippen LogP contribution in [-0.4, -0.2) is 66.9 Å². The first-order chi connectivity index (χ1) is 18.1. The van der Waals surface area contributed by atoms with Crippen LogP contribution < -0.4 is 10.1 Å². The van der Waals surface area contributed by atoms with Gasteiger partial charge in [-0.3, -0.25) is 14.4 Å². The molecule has 1 N–H and O–H groups in total. The number of aryl methyl sites for hydroxylation is 1. The molecule has 37 heavy (non-hydrogen) atoms. The van der Waals surface area contributed by atoms with E-state index in [9.17, 15) is 14.4 Å². The Morgan fingerprint density at radius 3 is 2.38 bits per heavy atom. The maximum absolute atomic E-state index is 13.3. The highest BCUT2D eigenvalue weighted by atomic mass is 16.5. The Hall–Kier alpha value is -3.45. The molecule has 2 aliphatic heterocycles. The van der Waals surface area contributed by atoms with Crippen LogP contribution in [0.5, 0.6) is 5.75 Å². The summed E-state index contributed by atoms with van der Waals surface area (Å²) in [6.45, 7) is 4.30. The lowest BCUT2D eigenvalue weighted by atomic mass is 9.83. The minimum Gasteiger partial charge on any atom is -0.426 e. The van der Waals surface area contributed by atoms with E-state index < -0.39 is 0 Å². The molecule has 1 atom stereocenters. The van der Waals surface area contributed by atoms with Gasteiger partial charge in [0.05, 0.1) is 12.3 Å². The molecule has 2 aromatic rings. The van der Waals surface area contributed by atoms with E-state index in [0.29, 0.717) is 24.4 Å². The van der Waals surface area contributed by atoms with Gasteiger partial charge in [-0.15, -0.1) is 0 Å². The van der Waals surface area contributed by atoms with Crippen molar-refractivity contribution in [3.05, 3.63) is 70.8 Å². The molecule has 2 aromatic carbocycles. The van der Waals surface area contributed by atoms with Gasteiger partial charge in [-0.25, -0.2) is 0 Å². The summed E-state index contributed by atoms with van der Waals surface area (Å²) >= 11 is 0. The van der Waals surface area contributed by atoms with Crippen molar-refractivity contribution in [1.82, 2.24) is 15.1 Å². The number of hydrogen-bond acceptors (Lipinski definition) is 5. The number of carbonyl (C=O) groups is 3. The molecule has 2 saturated heterocycles. The van der Waals surface area contributed by atoms with Crippen molar-refractivity contribution < 1.29 is 19.1 Å². The number of esters is 1. The van der Waals surface area contributed by atoms with Gasteiger partial charge >= 0.3 is 5.97 Å². The number of nitrogens with one attached hydrogen (secondary N) is 1. The topological polar surface area (TPSA) is 79.0 Å². The molecule has 0 saturated carbocycles. The number of benzene rings is 2. The Morgan fingerprint density at radius 1 is 0.892 bits per heavy atom. The minimum atomic E-state index is -0.246. The van der Waals surface area contributed by atoms with Crippen molar-refractivity contribution in [2.24, 2.45) is 0 Å². The van der Waals surface area contributed by atoms with Crippen LogP contribution in [0.3, 0.4) is 0 Å². The fourth-order valence-electron chi connectivity index (χ4n) is 5.52. The third kappa shape index (κ3) is 6.10. The van der Waals surface area contributed by atoms with Gasteiger partial charge in [0.15, 0.2) is 0 Å². The molecule has 0 radical (unpaired) electrons. The highest BCUT2D eigenvalue weighted by molar-refractivity contribution is 6.02. The van der Waals surface area contributed by atoms with Crippen LogP contribution in [0.4, 0.5) is 0 Å². The van der Waals surface area contributed by atoms with Gasteiger partial charge in [-0.05, 0) is 67.0 Å². The molecule has 0 aromatic heterocycles. The van der Waals surface area contributed by atoms with E-state index in [-0.39, 0.29) is 30.1 Å². The number of carbonyl (C=O) groups excluding carboxylic acids is 3. The molecule has 2 heterocycles. The Kier molecular flexibility index (Phi) is 7.99. The van der Waals surface area contributed by atoms with E-state index in [2.05, 4.69) is 11.4 Å². The summed E-state index contributed by atoms with van der Waals surface area (Å²) in [6, 6.07) is 15.3. The van der Waals surface area contributed by atoms with Gasteiger partial charge in [-0.2, -0.15) is 0 Å². The summed E-state index contributed by atoms with van der Waals surface area (Å²) < 4.78 is 5.74. The normalized spacial score (nSPS) is 19.9. The Labute approximate surface area is 218 Å². The number of rotatable bonds is 6. The highest BCUT2D eigenvalue weighted by Crippen LogP contribution is 2.33. The van der Waals surface area contributed by atoms with Gasteiger partial charge in [0, 0.05) is 44.8 Å². The minimum absolute atomic E-state index is 0.00514. The van der Waals surface area contributed by atoms with Gasteiger partial charge in [-0.1, -0.05) is 36.4 Å². The Morgan fingerprint density at radius 2 is 1.62 bits per heavy atom. The van der Waals surface area contributed by atoms with E-state index in [1.165, 1.54) is 5.56 Å². The monoisotopic (exact) mass is 501 g/mol. The summed E-state index contributed by atoms with van der Waals surface area (Å²) in [5.74, 6) is -0.0787. The van der Waals surface area contributed by atoms with E-state index >= 15 is 0 Å². The molecule has 1 unspecified atom stereocenters. The summed E-state index contributed by atoms with van der Waals surface area (Å²) in [7, 11) is 0. The summed E-state index contributed by atoms with van der Waals surface area (Å²) in [5.41, 5.74) is 3.59. The van der Waals surface area contributed by atoms with Gasteiger partial charge in [0.25, 0.3) is 0 Å². The average Bonchev–Trinajstić information content (AvgIpc) is 3.49. The van der Waals surface area contributed by atoms with Gasteiger partial charge in [0.1, 0.15) is 5.75 Å². The Balaban J connectivity index is 1.30. The second-order valence-electron chi connectivity index (χ2n) is 10.1. The van der Waals surface area contributed by atoms with E-state index in [1.807, 2.05) is 40.1 Å². The second kappa shape index (κ2) is 11.7. The molecular weight excluding hydrogens is 466 g/mol. The van der Waals surface area contributed by atoms with Crippen molar-refractivity contribution in [2.45, 2.75) is 44.4 Å². The average molecular weight is 502 g/mol. The zero-order valence-electron chi connectivity index (χ0n) is 21.3. The lowest BCUT2D eigenvalue weighted by Crippen LogP contribution is -2.47. The molecule has 194 valence electrons. The number of fused-ring (bicyclic) bond motifs is 1. The third-order valence-corrected chi connectivity index (χ3v) is 7.57. The first-order valence-corrected chi connectivity index (χ1v) is 13.5. The molecule has 0 bridgehead atoms. The van der Waals surface area contributed by atoms with Crippen LogP contribution in [0.2, 0.25) is 0 Å². The second-order valence-corrected chi connectivity index (χ2v) is 10.1. The summed E-state index contributed by atoms with van der Waals surface area (Å²) in [6.07, 6.45) is 6.70. The molecule has 7 heteroatoms. The van der Waals surface area contributed by atoms with Crippen molar-refractivity contribution >= 4 is 23.9 Å². The van der Waals surface area contributed by atoms with Crippen LogP contribution in [0.25, 0.3) is 6.08 Å². The van der Waals surface area contributed by atoms with Gasteiger partial charge in [0.2, 0.25) is 11.8 Å².